The molecule has 172 valence electrons. The van der Waals surface area contributed by atoms with Crippen molar-refractivity contribution in [3.05, 3.63) is 71.2 Å². The number of aryl methyl sites for hydroxylation is 1. The first-order valence-electron chi connectivity index (χ1n) is 9.95. The SMILES string of the molecule is Cc1nn(-c2ccc(C(F)(F)F)cc2)nc1COc1ccc2c(C(C)(C)C(=O)O)coc2c1. The van der Waals surface area contributed by atoms with Gasteiger partial charge in [-0.2, -0.15) is 23.1 Å². The second kappa shape index (κ2) is 7.95. The Balaban J connectivity index is 1.51. The minimum absolute atomic E-state index is 0.0756. The standard InChI is InChI=1S/C23H20F3N3O4/c1-13-19(28-29(27-13)15-6-4-14(5-7-15)23(24,25)26)12-32-16-8-9-17-18(11-33-20(17)10-16)22(2,3)21(30)31/h4-11H,12H2,1-3H3,(H,30,31). The van der Waals surface area contributed by atoms with Crippen molar-refractivity contribution in [2.24, 2.45) is 0 Å². The van der Waals surface area contributed by atoms with Crippen LogP contribution in [0.15, 0.2) is 53.1 Å². The highest BCUT2D eigenvalue weighted by atomic mass is 19.4. The third-order valence-electron chi connectivity index (χ3n) is 5.43. The first-order valence-corrected chi connectivity index (χ1v) is 9.95. The Hall–Kier alpha value is -3.82. The summed E-state index contributed by atoms with van der Waals surface area (Å²) >= 11 is 0. The molecule has 2 aromatic carbocycles. The number of hydrogen-bond donors (Lipinski definition) is 1. The molecule has 33 heavy (non-hydrogen) atoms. The second-order valence-electron chi connectivity index (χ2n) is 8.09. The number of nitrogens with zero attached hydrogens (tertiary/aromatic N) is 3. The van der Waals surface area contributed by atoms with Crippen LogP contribution in [0, 0.1) is 6.92 Å². The number of carboxylic acids is 1. The van der Waals surface area contributed by atoms with Crippen molar-refractivity contribution < 1.29 is 32.2 Å². The number of aromatic nitrogens is 3. The van der Waals surface area contributed by atoms with E-state index in [0.29, 0.717) is 39.4 Å². The molecular formula is C23H20F3N3O4. The molecule has 0 aliphatic heterocycles. The van der Waals surface area contributed by atoms with Crippen LogP contribution < -0.4 is 4.74 Å². The molecule has 0 amide bonds. The summed E-state index contributed by atoms with van der Waals surface area (Å²) in [6.07, 6.45) is -2.98. The molecule has 0 atom stereocenters. The Morgan fingerprint density at radius 1 is 1.12 bits per heavy atom. The van der Waals surface area contributed by atoms with Crippen LogP contribution in [0.1, 0.15) is 36.4 Å². The van der Waals surface area contributed by atoms with Crippen LogP contribution in [0.3, 0.4) is 0 Å². The number of aliphatic carboxylic acids is 1. The lowest BCUT2D eigenvalue weighted by atomic mass is 9.85. The first kappa shape index (κ1) is 22.4. The molecule has 2 aromatic heterocycles. The van der Waals surface area contributed by atoms with Crippen molar-refractivity contribution in [2.45, 2.75) is 39.0 Å². The van der Waals surface area contributed by atoms with Gasteiger partial charge in [0.05, 0.1) is 28.6 Å². The highest BCUT2D eigenvalue weighted by Crippen LogP contribution is 2.34. The van der Waals surface area contributed by atoms with Gasteiger partial charge in [0.15, 0.2) is 0 Å². The Bertz CT molecular complexity index is 1320. The maximum Gasteiger partial charge on any atom is 0.416 e. The number of halogens is 3. The Kier molecular flexibility index (Phi) is 5.39. The molecule has 0 spiro atoms. The summed E-state index contributed by atoms with van der Waals surface area (Å²) in [5, 5.41) is 18.7. The molecule has 7 nitrogen and oxygen atoms in total. The van der Waals surface area contributed by atoms with Crippen LogP contribution in [0.4, 0.5) is 13.2 Å². The van der Waals surface area contributed by atoms with Crippen LogP contribution in [-0.4, -0.2) is 26.1 Å². The van der Waals surface area contributed by atoms with Gasteiger partial charge in [0.25, 0.3) is 0 Å². The molecule has 0 bridgehead atoms. The zero-order valence-corrected chi connectivity index (χ0v) is 18.0. The molecule has 1 N–H and O–H groups in total. The molecule has 0 aliphatic carbocycles. The van der Waals surface area contributed by atoms with Gasteiger partial charge in [0.2, 0.25) is 0 Å². The predicted octanol–water partition coefficient (Wildman–Crippen LogP) is 5.28. The van der Waals surface area contributed by atoms with Gasteiger partial charge >= 0.3 is 12.1 Å². The van der Waals surface area contributed by atoms with Crippen LogP contribution in [0.5, 0.6) is 5.75 Å². The van der Waals surface area contributed by atoms with Gasteiger partial charge in [-0.15, -0.1) is 5.10 Å². The van der Waals surface area contributed by atoms with Gasteiger partial charge in [0, 0.05) is 17.0 Å². The van der Waals surface area contributed by atoms with E-state index < -0.39 is 23.1 Å². The lowest BCUT2D eigenvalue weighted by Gasteiger charge is -2.17. The van der Waals surface area contributed by atoms with Gasteiger partial charge in [-0.1, -0.05) is 0 Å². The Morgan fingerprint density at radius 2 is 1.82 bits per heavy atom. The van der Waals surface area contributed by atoms with E-state index >= 15 is 0 Å². The van der Waals surface area contributed by atoms with E-state index in [1.807, 2.05) is 0 Å². The summed E-state index contributed by atoms with van der Waals surface area (Å²) in [6.45, 7) is 5.01. The van der Waals surface area contributed by atoms with Crippen molar-refractivity contribution in [2.75, 3.05) is 0 Å². The van der Waals surface area contributed by atoms with Crippen LogP contribution in [-0.2, 0) is 23.0 Å². The topological polar surface area (TPSA) is 90.4 Å². The number of rotatable bonds is 6. The Morgan fingerprint density at radius 3 is 2.45 bits per heavy atom. The average molecular weight is 459 g/mol. The van der Waals surface area contributed by atoms with E-state index in [1.165, 1.54) is 23.2 Å². The van der Waals surface area contributed by atoms with Crippen molar-refractivity contribution >= 4 is 16.9 Å². The largest absolute Gasteiger partial charge is 0.487 e. The van der Waals surface area contributed by atoms with Gasteiger partial charge < -0.3 is 14.3 Å². The van der Waals surface area contributed by atoms with E-state index in [2.05, 4.69) is 10.2 Å². The summed E-state index contributed by atoms with van der Waals surface area (Å²) in [5.74, 6) is -0.475. The van der Waals surface area contributed by atoms with E-state index in [0.717, 1.165) is 12.1 Å². The summed E-state index contributed by atoms with van der Waals surface area (Å²) in [4.78, 5) is 12.8. The van der Waals surface area contributed by atoms with Crippen LogP contribution in [0.2, 0.25) is 0 Å². The van der Waals surface area contributed by atoms with Crippen LogP contribution >= 0.6 is 0 Å². The van der Waals surface area contributed by atoms with Gasteiger partial charge in [-0.25, -0.2) is 0 Å². The summed E-state index contributed by atoms with van der Waals surface area (Å²) in [6, 6.07) is 9.65. The maximum absolute atomic E-state index is 12.8. The molecule has 4 rings (SSSR count). The predicted molar refractivity (Wildman–Crippen MR) is 112 cm³/mol. The zero-order chi connectivity index (χ0) is 24.0. The highest BCUT2D eigenvalue weighted by Gasteiger charge is 2.33. The smallest absolute Gasteiger partial charge is 0.416 e. The van der Waals surface area contributed by atoms with E-state index in [-0.39, 0.29) is 6.61 Å². The normalized spacial score (nSPS) is 12.3. The third kappa shape index (κ3) is 4.28. The minimum atomic E-state index is -4.41. The fourth-order valence-electron chi connectivity index (χ4n) is 3.29. The molecule has 0 unspecified atom stereocenters. The molecule has 10 heteroatoms. The number of benzene rings is 2. The lowest BCUT2D eigenvalue weighted by molar-refractivity contribution is -0.142. The van der Waals surface area contributed by atoms with Gasteiger partial charge in [-0.05, 0) is 57.2 Å². The van der Waals surface area contributed by atoms with E-state index in [4.69, 9.17) is 9.15 Å². The number of ether oxygens (including phenoxy) is 1. The number of carbonyl (C=O) groups is 1. The summed E-state index contributed by atoms with van der Waals surface area (Å²) in [7, 11) is 0. The van der Waals surface area contributed by atoms with E-state index in [9.17, 15) is 23.1 Å². The Labute approximate surface area is 186 Å². The number of hydrogen-bond acceptors (Lipinski definition) is 5. The molecule has 0 saturated heterocycles. The van der Waals surface area contributed by atoms with Crippen molar-refractivity contribution in [3.8, 4) is 11.4 Å². The number of fused-ring (bicyclic) bond motifs is 1. The number of carboxylic acid groups (broad SMARTS) is 1. The van der Waals surface area contributed by atoms with Gasteiger partial charge in [-0.3, -0.25) is 4.79 Å². The van der Waals surface area contributed by atoms with Gasteiger partial charge in [0.1, 0.15) is 23.6 Å². The second-order valence-corrected chi connectivity index (χ2v) is 8.09. The summed E-state index contributed by atoms with van der Waals surface area (Å²) < 4.78 is 49.6. The monoisotopic (exact) mass is 459 g/mol. The lowest BCUT2D eigenvalue weighted by Crippen LogP contribution is -2.28. The molecule has 0 radical (unpaired) electrons. The molecule has 0 fully saturated rings. The molecule has 2 heterocycles. The number of furan rings is 1. The van der Waals surface area contributed by atoms with Crippen molar-refractivity contribution in [3.63, 3.8) is 0 Å². The number of alkyl halides is 3. The fraction of sp³-hybridized carbons (Fsp3) is 0.261. The fourth-order valence-corrected chi connectivity index (χ4v) is 3.29. The van der Waals surface area contributed by atoms with Crippen molar-refractivity contribution in [1.82, 2.24) is 15.0 Å². The highest BCUT2D eigenvalue weighted by molar-refractivity contribution is 5.90. The van der Waals surface area contributed by atoms with Crippen LogP contribution in [0.25, 0.3) is 16.7 Å². The molecular weight excluding hydrogens is 439 g/mol. The molecule has 0 aliphatic rings. The quantitative estimate of drug-likeness (QED) is 0.422. The molecule has 4 aromatic rings. The zero-order valence-electron chi connectivity index (χ0n) is 18.0. The first-order chi connectivity index (χ1) is 15.5. The molecule has 0 saturated carbocycles. The minimum Gasteiger partial charge on any atom is -0.487 e. The van der Waals surface area contributed by atoms with Crippen molar-refractivity contribution in [1.29, 1.82) is 0 Å². The average Bonchev–Trinajstić information content (AvgIpc) is 3.35. The summed E-state index contributed by atoms with van der Waals surface area (Å²) in [5.41, 5.74) is 0.668. The third-order valence-corrected chi connectivity index (χ3v) is 5.43. The maximum atomic E-state index is 12.8. The van der Waals surface area contributed by atoms with E-state index in [1.54, 1.807) is 39.0 Å².